The Kier molecular flexibility index (Phi) is 5.36. The van der Waals surface area contributed by atoms with Crippen LogP contribution in [0.15, 0.2) is 35.3 Å². The minimum Gasteiger partial charge on any atom is -0.353 e. The van der Waals surface area contributed by atoms with E-state index < -0.39 is 0 Å². The van der Waals surface area contributed by atoms with Gasteiger partial charge in [-0.25, -0.2) is 5.84 Å². The molecule has 88 valence electrons. The van der Waals surface area contributed by atoms with Gasteiger partial charge in [0.2, 0.25) is 5.96 Å². The highest BCUT2D eigenvalue weighted by Crippen LogP contribution is 1.99. The van der Waals surface area contributed by atoms with E-state index in [0.29, 0.717) is 12.0 Å². The molecule has 1 aromatic carbocycles. The van der Waals surface area contributed by atoms with Crippen LogP contribution in [-0.4, -0.2) is 18.5 Å². The molecule has 0 saturated heterocycles. The zero-order chi connectivity index (χ0) is 11.8. The summed E-state index contributed by atoms with van der Waals surface area (Å²) in [5, 5.41) is 3.13. The van der Waals surface area contributed by atoms with E-state index in [-0.39, 0.29) is 0 Å². The largest absolute Gasteiger partial charge is 0.353 e. The maximum absolute atomic E-state index is 5.36. The summed E-state index contributed by atoms with van der Waals surface area (Å²) in [7, 11) is 0. The second-order valence-corrected chi connectivity index (χ2v) is 3.91. The number of nitrogens with one attached hydrogen (secondary N) is 2. The highest BCUT2D eigenvalue weighted by molar-refractivity contribution is 5.79. The number of benzene rings is 1. The van der Waals surface area contributed by atoms with Crippen LogP contribution in [-0.2, 0) is 6.42 Å². The van der Waals surface area contributed by atoms with E-state index in [1.807, 2.05) is 32.0 Å². The lowest BCUT2D eigenvalue weighted by Gasteiger charge is -2.11. The molecular formula is C12H20N4. The molecule has 0 aromatic heterocycles. The van der Waals surface area contributed by atoms with E-state index in [0.717, 1.165) is 13.0 Å². The van der Waals surface area contributed by atoms with Gasteiger partial charge < -0.3 is 5.32 Å². The van der Waals surface area contributed by atoms with Gasteiger partial charge in [-0.15, -0.1) is 0 Å². The molecule has 0 aliphatic carbocycles. The van der Waals surface area contributed by atoms with Crippen LogP contribution in [0.25, 0.3) is 0 Å². The van der Waals surface area contributed by atoms with Crippen molar-refractivity contribution < 1.29 is 0 Å². The van der Waals surface area contributed by atoms with Crippen molar-refractivity contribution in [2.24, 2.45) is 10.8 Å². The number of aliphatic imine (C=N–C) groups is 1. The Bertz CT molecular complexity index is 319. The number of nitrogens with two attached hydrogens (primary N) is 1. The molecule has 0 fully saturated rings. The lowest BCUT2D eigenvalue weighted by Crippen LogP contribution is -2.44. The Balaban J connectivity index is 2.40. The van der Waals surface area contributed by atoms with Crippen molar-refractivity contribution >= 4 is 5.96 Å². The number of hydrazine groups is 1. The maximum atomic E-state index is 5.36. The first-order valence-electron chi connectivity index (χ1n) is 5.54. The molecule has 4 N–H and O–H groups in total. The Morgan fingerprint density at radius 2 is 2.00 bits per heavy atom. The summed E-state index contributed by atoms with van der Waals surface area (Å²) >= 11 is 0. The fraction of sp³-hybridized carbons (Fsp3) is 0.417. The monoisotopic (exact) mass is 220 g/mol. The molecule has 0 radical (unpaired) electrons. The van der Waals surface area contributed by atoms with Crippen molar-refractivity contribution in [3.63, 3.8) is 0 Å². The predicted molar refractivity (Wildman–Crippen MR) is 68.0 cm³/mol. The molecule has 1 aromatic rings. The molecule has 4 nitrogen and oxygen atoms in total. The number of rotatable bonds is 4. The number of nitrogens with zero attached hydrogens (tertiary/aromatic N) is 1. The third-order valence-electron chi connectivity index (χ3n) is 2.08. The topological polar surface area (TPSA) is 62.4 Å². The summed E-state index contributed by atoms with van der Waals surface area (Å²) in [6.07, 6.45) is 0.922. The zero-order valence-electron chi connectivity index (χ0n) is 9.90. The lowest BCUT2D eigenvalue weighted by molar-refractivity contribution is 0.702. The van der Waals surface area contributed by atoms with Crippen molar-refractivity contribution in [2.75, 3.05) is 6.54 Å². The van der Waals surface area contributed by atoms with Gasteiger partial charge in [-0.05, 0) is 25.8 Å². The van der Waals surface area contributed by atoms with Gasteiger partial charge in [-0.2, -0.15) is 0 Å². The fourth-order valence-electron chi connectivity index (χ4n) is 1.35. The quantitative estimate of drug-likeness (QED) is 0.307. The van der Waals surface area contributed by atoms with Crippen molar-refractivity contribution in [2.45, 2.75) is 26.3 Å². The van der Waals surface area contributed by atoms with Gasteiger partial charge in [0.15, 0.2) is 0 Å². The molecular weight excluding hydrogens is 200 g/mol. The normalized spacial score (nSPS) is 11.6. The number of hydrogen-bond acceptors (Lipinski definition) is 2. The Morgan fingerprint density at radius 1 is 1.31 bits per heavy atom. The summed E-state index contributed by atoms with van der Waals surface area (Å²) in [5.74, 6) is 6.00. The van der Waals surface area contributed by atoms with Gasteiger partial charge in [-0.1, -0.05) is 30.3 Å². The van der Waals surface area contributed by atoms with E-state index in [1.54, 1.807) is 0 Å². The van der Waals surface area contributed by atoms with Crippen LogP contribution in [0.2, 0.25) is 0 Å². The van der Waals surface area contributed by atoms with Crippen LogP contribution in [0.1, 0.15) is 19.4 Å². The second-order valence-electron chi connectivity index (χ2n) is 3.91. The summed E-state index contributed by atoms with van der Waals surface area (Å²) in [4.78, 5) is 4.35. The Morgan fingerprint density at radius 3 is 2.56 bits per heavy atom. The SMILES string of the molecule is CC(C)NC(=NCCc1ccccc1)NN. The van der Waals surface area contributed by atoms with Gasteiger partial charge in [0.1, 0.15) is 0 Å². The minimum absolute atomic E-state index is 0.325. The average Bonchev–Trinajstić information content (AvgIpc) is 2.28. The fourth-order valence-corrected chi connectivity index (χ4v) is 1.35. The first kappa shape index (κ1) is 12.5. The maximum Gasteiger partial charge on any atom is 0.205 e. The average molecular weight is 220 g/mol. The Hall–Kier alpha value is -1.55. The third kappa shape index (κ3) is 4.79. The van der Waals surface area contributed by atoms with E-state index in [9.17, 15) is 0 Å². The highest BCUT2D eigenvalue weighted by atomic mass is 15.3. The van der Waals surface area contributed by atoms with E-state index in [1.165, 1.54) is 5.56 Å². The number of guanidine groups is 1. The molecule has 16 heavy (non-hydrogen) atoms. The van der Waals surface area contributed by atoms with Gasteiger partial charge in [-0.3, -0.25) is 10.4 Å². The van der Waals surface area contributed by atoms with Crippen LogP contribution in [0.3, 0.4) is 0 Å². The molecule has 4 heteroatoms. The Labute approximate surface area is 96.9 Å². The van der Waals surface area contributed by atoms with Gasteiger partial charge in [0.05, 0.1) is 0 Å². The molecule has 0 spiro atoms. The van der Waals surface area contributed by atoms with Gasteiger partial charge >= 0.3 is 0 Å². The predicted octanol–water partition coefficient (Wildman–Crippen LogP) is 1.05. The molecule has 0 aliphatic heterocycles. The van der Waals surface area contributed by atoms with E-state index in [4.69, 9.17) is 5.84 Å². The lowest BCUT2D eigenvalue weighted by atomic mass is 10.2. The van der Waals surface area contributed by atoms with E-state index in [2.05, 4.69) is 27.9 Å². The first-order chi connectivity index (χ1) is 7.72. The zero-order valence-corrected chi connectivity index (χ0v) is 9.90. The molecule has 0 heterocycles. The summed E-state index contributed by atoms with van der Waals surface area (Å²) in [6, 6.07) is 10.6. The molecule has 0 aliphatic rings. The third-order valence-corrected chi connectivity index (χ3v) is 2.08. The summed E-state index contributed by atoms with van der Waals surface area (Å²) in [5.41, 5.74) is 3.84. The molecule has 0 atom stereocenters. The molecule has 0 amide bonds. The summed E-state index contributed by atoms with van der Waals surface area (Å²) < 4.78 is 0. The summed E-state index contributed by atoms with van der Waals surface area (Å²) in [6.45, 7) is 4.82. The van der Waals surface area contributed by atoms with Crippen molar-refractivity contribution in [3.8, 4) is 0 Å². The van der Waals surface area contributed by atoms with Crippen molar-refractivity contribution in [1.82, 2.24) is 10.7 Å². The van der Waals surface area contributed by atoms with Crippen molar-refractivity contribution in [1.29, 1.82) is 0 Å². The van der Waals surface area contributed by atoms with Gasteiger partial charge in [0.25, 0.3) is 0 Å². The molecule has 0 unspecified atom stereocenters. The molecule has 1 rings (SSSR count). The van der Waals surface area contributed by atoms with E-state index >= 15 is 0 Å². The second kappa shape index (κ2) is 6.85. The van der Waals surface area contributed by atoms with Crippen LogP contribution in [0.5, 0.6) is 0 Å². The van der Waals surface area contributed by atoms with Crippen LogP contribution < -0.4 is 16.6 Å². The first-order valence-corrected chi connectivity index (χ1v) is 5.54. The standard InChI is InChI=1S/C12H20N4/c1-10(2)15-12(16-13)14-9-8-11-6-4-3-5-7-11/h3-7,10H,8-9,13H2,1-2H3,(H2,14,15,16). The molecule has 0 saturated carbocycles. The number of hydrogen-bond donors (Lipinski definition) is 3. The van der Waals surface area contributed by atoms with Crippen LogP contribution in [0.4, 0.5) is 0 Å². The minimum atomic E-state index is 0.325. The highest BCUT2D eigenvalue weighted by Gasteiger charge is 1.97. The smallest absolute Gasteiger partial charge is 0.205 e. The van der Waals surface area contributed by atoms with Crippen LogP contribution >= 0.6 is 0 Å². The van der Waals surface area contributed by atoms with Gasteiger partial charge in [0, 0.05) is 12.6 Å². The molecule has 0 bridgehead atoms. The van der Waals surface area contributed by atoms with Crippen molar-refractivity contribution in [3.05, 3.63) is 35.9 Å². The van der Waals surface area contributed by atoms with Crippen LogP contribution in [0, 0.1) is 0 Å².